The molecule has 0 bridgehead atoms. The number of fused-ring (bicyclic) bond motifs is 1. The summed E-state index contributed by atoms with van der Waals surface area (Å²) < 4.78 is 39.8. The second-order valence-electron chi connectivity index (χ2n) is 7.67. The Morgan fingerprint density at radius 1 is 0.857 bits per heavy atom. The van der Waals surface area contributed by atoms with Gasteiger partial charge in [-0.3, -0.25) is 9.10 Å². The van der Waals surface area contributed by atoms with Gasteiger partial charge in [0.05, 0.1) is 30.0 Å². The Labute approximate surface area is 205 Å². The number of nitrogens with zero attached hydrogens (tertiary/aromatic N) is 1. The van der Waals surface area contributed by atoms with Crippen molar-refractivity contribution in [3.63, 3.8) is 0 Å². The molecule has 1 N–H and O–H groups in total. The number of anilines is 2. The van der Waals surface area contributed by atoms with Gasteiger partial charge in [0.1, 0.15) is 18.0 Å². The van der Waals surface area contributed by atoms with Crippen LogP contribution in [0.2, 0.25) is 0 Å². The molecule has 0 fully saturated rings. The summed E-state index contributed by atoms with van der Waals surface area (Å²) in [5, 5.41) is 4.47. The van der Waals surface area contributed by atoms with Gasteiger partial charge in [-0.05, 0) is 54.1 Å². The van der Waals surface area contributed by atoms with E-state index in [4.69, 9.17) is 9.47 Å². The monoisotopic (exact) mass is 490 g/mol. The molecule has 35 heavy (non-hydrogen) atoms. The van der Waals surface area contributed by atoms with E-state index in [1.807, 2.05) is 31.2 Å². The van der Waals surface area contributed by atoms with Gasteiger partial charge < -0.3 is 14.8 Å². The Balaban J connectivity index is 1.73. The maximum Gasteiger partial charge on any atom is 0.264 e. The van der Waals surface area contributed by atoms with E-state index in [0.717, 1.165) is 15.1 Å². The molecule has 0 saturated carbocycles. The largest absolute Gasteiger partial charge is 0.495 e. The third-order valence-electron chi connectivity index (χ3n) is 5.41. The number of amides is 1. The molecule has 0 radical (unpaired) electrons. The number of nitrogens with one attached hydrogen (secondary N) is 1. The first-order valence-corrected chi connectivity index (χ1v) is 12.5. The third-order valence-corrected chi connectivity index (χ3v) is 7.17. The Morgan fingerprint density at radius 3 is 2.26 bits per heavy atom. The molecule has 4 rings (SSSR count). The highest BCUT2D eigenvalue weighted by molar-refractivity contribution is 7.92. The molecule has 180 valence electrons. The van der Waals surface area contributed by atoms with Crippen LogP contribution in [-0.2, 0) is 14.8 Å². The molecule has 1 amide bonds. The SMILES string of the molecule is CCOc1ccccc1NC(=O)CN(c1ccccc1OC)S(=O)(=O)c1ccc2ccccc2c1. The van der Waals surface area contributed by atoms with E-state index >= 15 is 0 Å². The average molecular weight is 491 g/mol. The number of hydrogen-bond donors (Lipinski definition) is 1. The van der Waals surface area contributed by atoms with Gasteiger partial charge in [0, 0.05) is 0 Å². The molecular weight excluding hydrogens is 464 g/mol. The minimum atomic E-state index is -4.12. The van der Waals surface area contributed by atoms with Crippen LogP contribution in [0.3, 0.4) is 0 Å². The molecule has 0 saturated heterocycles. The second-order valence-corrected chi connectivity index (χ2v) is 9.53. The van der Waals surface area contributed by atoms with Crippen LogP contribution >= 0.6 is 0 Å². The third kappa shape index (κ3) is 5.22. The van der Waals surface area contributed by atoms with Crippen molar-refractivity contribution in [1.82, 2.24) is 0 Å². The summed E-state index contributed by atoms with van der Waals surface area (Å²) >= 11 is 0. The van der Waals surface area contributed by atoms with Gasteiger partial charge in [0.2, 0.25) is 5.91 Å². The lowest BCUT2D eigenvalue weighted by atomic mass is 10.1. The highest BCUT2D eigenvalue weighted by Gasteiger charge is 2.29. The van der Waals surface area contributed by atoms with Crippen LogP contribution in [0.5, 0.6) is 11.5 Å². The normalized spacial score (nSPS) is 11.1. The van der Waals surface area contributed by atoms with Gasteiger partial charge in [-0.2, -0.15) is 0 Å². The van der Waals surface area contributed by atoms with E-state index < -0.39 is 22.5 Å². The van der Waals surface area contributed by atoms with Crippen molar-refractivity contribution in [3.8, 4) is 11.5 Å². The lowest BCUT2D eigenvalue weighted by Crippen LogP contribution is -2.38. The first kappa shape index (κ1) is 24.1. The number of sulfonamides is 1. The number of ether oxygens (including phenoxy) is 2. The fourth-order valence-electron chi connectivity index (χ4n) is 3.76. The predicted molar refractivity (Wildman–Crippen MR) is 138 cm³/mol. The van der Waals surface area contributed by atoms with Crippen LogP contribution in [0, 0.1) is 0 Å². The van der Waals surface area contributed by atoms with Crippen LogP contribution in [0.4, 0.5) is 11.4 Å². The maximum atomic E-state index is 13.9. The van der Waals surface area contributed by atoms with Crippen molar-refractivity contribution in [3.05, 3.63) is 91.0 Å². The minimum Gasteiger partial charge on any atom is -0.495 e. The highest BCUT2D eigenvalue weighted by Crippen LogP contribution is 2.33. The zero-order chi connectivity index (χ0) is 24.8. The summed E-state index contributed by atoms with van der Waals surface area (Å²) in [5.74, 6) is 0.316. The molecule has 0 aromatic heterocycles. The van der Waals surface area contributed by atoms with Crippen LogP contribution < -0.4 is 19.1 Å². The number of rotatable bonds is 9. The van der Waals surface area contributed by atoms with Gasteiger partial charge in [-0.15, -0.1) is 0 Å². The lowest BCUT2D eigenvalue weighted by molar-refractivity contribution is -0.114. The smallest absolute Gasteiger partial charge is 0.264 e. The van der Waals surface area contributed by atoms with E-state index in [0.29, 0.717) is 23.8 Å². The van der Waals surface area contributed by atoms with Crippen molar-refractivity contribution >= 4 is 38.1 Å². The first-order valence-electron chi connectivity index (χ1n) is 11.1. The quantitative estimate of drug-likeness (QED) is 0.354. The van der Waals surface area contributed by atoms with Gasteiger partial charge >= 0.3 is 0 Å². The number of benzene rings is 4. The van der Waals surface area contributed by atoms with Crippen molar-refractivity contribution in [1.29, 1.82) is 0 Å². The van der Waals surface area contributed by atoms with E-state index in [2.05, 4.69) is 5.32 Å². The molecule has 0 aliphatic heterocycles. The number of carbonyl (C=O) groups excluding carboxylic acids is 1. The second kappa shape index (κ2) is 10.5. The van der Waals surface area contributed by atoms with Gasteiger partial charge in [0.25, 0.3) is 10.0 Å². The van der Waals surface area contributed by atoms with Crippen molar-refractivity contribution in [2.45, 2.75) is 11.8 Å². The summed E-state index contributed by atoms with van der Waals surface area (Å²) in [4.78, 5) is 13.2. The van der Waals surface area contributed by atoms with Crippen molar-refractivity contribution < 1.29 is 22.7 Å². The summed E-state index contributed by atoms with van der Waals surface area (Å²) in [6, 6.07) is 26.1. The summed E-state index contributed by atoms with van der Waals surface area (Å²) in [7, 11) is -2.67. The van der Waals surface area contributed by atoms with Crippen LogP contribution in [0.15, 0.2) is 95.9 Å². The highest BCUT2D eigenvalue weighted by atomic mass is 32.2. The Hall–Kier alpha value is -4.04. The molecule has 4 aromatic carbocycles. The average Bonchev–Trinajstić information content (AvgIpc) is 2.88. The molecule has 0 atom stereocenters. The number of hydrogen-bond acceptors (Lipinski definition) is 5. The molecule has 8 heteroatoms. The van der Waals surface area contributed by atoms with E-state index in [1.54, 1.807) is 66.7 Å². The summed E-state index contributed by atoms with van der Waals surface area (Å²) in [6.07, 6.45) is 0. The van der Waals surface area contributed by atoms with Crippen molar-refractivity contribution in [2.24, 2.45) is 0 Å². The molecule has 0 heterocycles. The maximum absolute atomic E-state index is 13.9. The zero-order valence-electron chi connectivity index (χ0n) is 19.5. The van der Waals surface area contributed by atoms with Crippen LogP contribution in [-0.4, -0.2) is 34.6 Å². The lowest BCUT2D eigenvalue weighted by Gasteiger charge is -2.26. The molecule has 0 aliphatic rings. The van der Waals surface area contributed by atoms with Crippen LogP contribution in [0.25, 0.3) is 10.8 Å². The Bertz CT molecular complexity index is 1450. The zero-order valence-corrected chi connectivity index (χ0v) is 20.3. The molecule has 0 unspecified atom stereocenters. The van der Waals surface area contributed by atoms with Gasteiger partial charge in [0.15, 0.2) is 0 Å². The van der Waals surface area contributed by atoms with Gasteiger partial charge in [-0.1, -0.05) is 54.6 Å². The molecule has 4 aromatic rings. The summed E-state index contributed by atoms with van der Waals surface area (Å²) in [6.45, 7) is 1.81. The van der Waals surface area contributed by atoms with E-state index in [1.165, 1.54) is 7.11 Å². The number of para-hydroxylation sites is 4. The minimum absolute atomic E-state index is 0.0737. The Kier molecular flexibility index (Phi) is 7.22. The van der Waals surface area contributed by atoms with Crippen molar-refractivity contribution in [2.75, 3.05) is 29.9 Å². The number of methoxy groups -OCH3 is 1. The van der Waals surface area contributed by atoms with Gasteiger partial charge in [-0.25, -0.2) is 8.42 Å². The molecular formula is C27H26N2O5S. The van der Waals surface area contributed by atoms with Crippen LogP contribution in [0.1, 0.15) is 6.92 Å². The topological polar surface area (TPSA) is 84.9 Å². The van der Waals surface area contributed by atoms with E-state index in [9.17, 15) is 13.2 Å². The fourth-order valence-corrected chi connectivity index (χ4v) is 5.23. The first-order chi connectivity index (χ1) is 16.9. The fraction of sp³-hybridized carbons (Fsp3) is 0.148. The molecule has 7 nitrogen and oxygen atoms in total. The number of carbonyl (C=O) groups is 1. The predicted octanol–water partition coefficient (Wildman–Crippen LogP) is 5.08. The standard InChI is InChI=1S/C27H26N2O5S/c1-3-34-25-14-8-6-12-23(25)28-27(30)19-29(24-13-7-9-15-26(24)33-2)35(31,32)22-17-16-20-10-4-5-11-21(20)18-22/h4-18H,3,19H2,1-2H3,(H,28,30). The summed E-state index contributed by atoms with van der Waals surface area (Å²) in [5.41, 5.74) is 0.721. The van der Waals surface area contributed by atoms with E-state index in [-0.39, 0.29) is 10.6 Å². The molecule has 0 aliphatic carbocycles. The Morgan fingerprint density at radius 2 is 1.51 bits per heavy atom. The molecule has 0 spiro atoms.